The summed E-state index contributed by atoms with van der Waals surface area (Å²) in [5.74, 6) is 3.13. The minimum atomic E-state index is 0.273. The van der Waals surface area contributed by atoms with Gasteiger partial charge in [0.1, 0.15) is 15.8 Å². The van der Waals surface area contributed by atoms with Crippen LogP contribution in [0, 0.1) is 21.2 Å². The van der Waals surface area contributed by atoms with Gasteiger partial charge in [-0.1, -0.05) is 5.92 Å². The Kier molecular flexibility index (Phi) is 5.09. The molecule has 0 amide bonds. The predicted molar refractivity (Wildman–Crippen MR) is 65.9 cm³/mol. The first-order valence-corrected chi connectivity index (χ1v) is 6.56. The number of rotatable bonds is 3. The second kappa shape index (κ2) is 6.12. The molecule has 14 heavy (non-hydrogen) atoms. The van der Waals surface area contributed by atoms with Crippen molar-refractivity contribution in [2.24, 2.45) is 0 Å². The zero-order valence-electron chi connectivity index (χ0n) is 7.20. The van der Waals surface area contributed by atoms with Crippen LogP contribution in [0.1, 0.15) is 5.56 Å². The zero-order chi connectivity index (χ0) is 10.4. The van der Waals surface area contributed by atoms with Crippen LogP contribution >= 0.6 is 45.9 Å². The standard InChI is InChI=1S/C8H5IN2OS2/c1-13-8-6(5-10)7(11-14-8)12-4-2-3-9/h4H2,1H3. The van der Waals surface area contributed by atoms with E-state index in [0.717, 1.165) is 4.21 Å². The maximum atomic E-state index is 8.86. The number of hydrogen-bond acceptors (Lipinski definition) is 5. The van der Waals surface area contributed by atoms with E-state index in [0.29, 0.717) is 11.4 Å². The summed E-state index contributed by atoms with van der Waals surface area (Å²) in [6.07, 6.45) is 1.91. The van der Waals surface area contributed by atoms with E-state index in [4.69, 9.17) is 10.00 Å². The Morgan fingerprint density at radius 2 is 2.50 bits per heavy atom. The van der Waals surface area contributed by atoms with Crippen molar-refractivity contribution >= 4 is 45.9 Å². The van der Waals surface area contributed by atoms with Gasteiger partial charge in [-0.2, -0.15) is 9.64 Å². The molecule has 72 valence electrons. The highest BCUT2D eigenvalue weighted by atomic mass is 127. The van der Waals surface area contributed by atoms with Crippen LogP contribution in [0.4, 0.5) is 0 Å². The Hall–Kier alpha value is -0.440. The van der Waals surface area contributed by atoms with Crippen LogP contribution < -0.4 is 4.74 Å². The average molecular weight is 336 g/mol. The largest absolute Gasteiger partial charge is 0.463 e. The Labute approximate surface area is 104 Å². The third-order valence-electron chi connectivity index (χ3n) is 1.27. The topological polar surface area (TPSA) is 45.9 Å². The molecule has 0 aliphatic rings. The van der Waals surface area contributed by atoms with E-state index in [2.05, 4.69) is 20.3 Å². The van der Waals surface area contributed by atoms with Crippen molar-refractivity contribution in [3.05, 3.63) is 5.56 Å². The highest BCUT2D eigenvalue weighted by Gasteiger charge is 2.13. The van der Waals surface area contributed by atoms with Gasteiger partial charge in [0, 0.05) is 22.6 Å². The van der Waals surface area contributed by atoms with Crippen LogP contribution in [0.25, 0.3) is 0 Å². The molecular weight excluding hydrogens is 331 g/mol. The predicted octanol–water partition coefficient (Wildman–Crippen LogP) is 2.51. The smallest absolute Gasteiger partial charge is 0.245 e. The average Bonchev–Trinajstić information content (AvgIpc) is 2.60. The summed E-state index contributed by atoms with van der Waals surface area (Å²) < 4.78 is 12.8. The lowest BCUT2D eigenvalue weighted by molar-refractivity contribution is 0.358. The number of hydrogen-bond donors (Lipinski definition) is 0. The van der Waals surface area contributed by atoms with E-state index in [1.807, 2.05) is 28.8 Å². The van der Waals surface area contributed by atoms with Gasteiger partial charge in [-0.05, 0) is 21.7 Å². The molecule has 0 fully saturated rings. The summed E-state index contributed by atoms with van der Waals surface area (Å²) in [5, 5.41) is 8.86. The maximum absolute atomic E-state index is 8.86. The Bertz CT molecular complexity index is 413. The normalized spacial score (nSPS) is 8.64. The van der Waals surface area contributed by atoms with Crippen molar-refractivity contribution in [2.45, 2.75) is 4.21 Å². The lowest BCUT2D eigenvalue weighted by Crippen LogP contribution is -1.95. The van der Waals surface area contributed by atoms with Gasteiger partial charge < -0.3 is 4.74 Å². The van der Waals surface area contributed by atoms with Gasteiger partial charge in [-0.25, -0.2) is 0 Å². The summed E-state index contributed by atoms with van der Waals surface area (Å²) >= 11 is 4.70. The molecule has 1 rings (SSSR count). The van der Waals surface area contributed by atoms with Crippen molar-refractivity contribution in [3.63, 3.8) is 0 Å². The minimum Gasteiger partial charge on any atom is -0.463 e. The van der Waals surface area contributed by atoms with E-state index in [9.17, 15) is 0 Å². The van der Waals surface area contributed by atoms with Crippen molar-refractivity contribution in [1.29, 1.82) is 5.26 Å². The molecule has 0 saturated carbocycles. The van der Waals surface area contributed by atoms with Crippen LogP contribution in [-0.4, -0.2) is 17.2 Å². The Morgan fingerprint density at radius 1 is 1.71 bits per heavy atom. The molecule has 0 aliphatic heterocycles. The summed E-state index contributed by atoms with van der Waals surface area (Å²) in [6.45, 7) is 0.273. The second-order valence-electron chi connectivity index (χ2n) is 2.03. The zero-order valence-corrected chi connectivity index (χ0v) is 11.0. The lowest BCUT2D eigenvalue weighted by atomic mass is 10.4. The molecule has 1 heterocycles. The quantitative estimate of drug-likeness (QED) is 0.483. The first-order chi connectivity index (χ1) is 6.83. The van der Waals surface area contributed by atoms with Crippen LogP contribution in [0.15, 0.2) is 4.21 Å². The monoisotopic (exact) mass is 336 g/mol. The van der Waals surface area contributed by atoms with E-state index in [1.54, 1.807) is 0 Å². The lowest BCUT2D eigenvalue weighted by Gasteiger charge is -1.96. The second-order valence-corrected chi connectivity index (χ2v) is 4.41. The molecule has 0 saturated heterocycles. The van der Waals surface area contributed by atoms with E-state index in [-0.39, 0.29) is 6.61 Å². The molecule has 0 bridgehead atoms. The highest BCUT2D eigenvalue weighted by molar-refractivity contribution is 14.1. The van der Waals surface area contributed by atoms with E-state index >= 15 is 0 Å². The molecule has 0 N–H and O–H groups in total. The molecule has 0 radical (unpaired) electrons. The van der Waals surface area contributed by atoms with E-state index in [1.165, 1.54) is 23.3 Å². The number of ether oxygens (including phenoxy) is 1. The molecule has 0 atom stereocenters. The molecule has 1 aromatic rings. The van der Waals surface area contributed by atoms with Gasteiger partial charge in [0.2, 0.25) is 5.88 Å². The van der Waals surface area contributed by atoms with Crippen molar-refractivity contribution < 1.29 is 4.74 Å². The van der Waals surface area contributed by atoms with Gasteiger partial charge in [-0.15, -0.1) is 11.8 Å². The molecule has 0 spiro atoms. The van der Waals surface area contributed by atoms with Crippen LogP contribution in [0.3, 0.4) is 0 Å². The third kappa shape index (κ3) is 2.77. The van der Waals surface area contributed by atoms with Crippen LogP contribution in [0.5, 0.6) is 5.88 Å². The summed E-state index contributed by atoms with van der Waals surface area (Å²) in [6, 6.07) is 2.07. The fourth-order valence-corrected chi connectivity index (χ4v) is 2.16. The SMILES string of the molecule is CSc1snc(OCC#CI)c1C#N. The first kappa shape index (κ1) is 11.6. The first-order valence-electron chi connectivity index (χ1n) is 3.48. The number of halogens is 1. The van der Waals surface area contributed by atoms with Gasteiger partial charge >= 0.3 is 0 Å². The molecule has 0 unspecified atom stereocenters. The van der Waals surface area contributed by atoms with Crippen molar-refractivity contribution in [1.82, 2.24) is 4.37 Å². The fourth-order valence-electron chi connectivity index (χ4n) is 0.725. The highest BCUT2D eigenvalue weighted by Crippen LogP contribution is 2.31. The van der Waals surface area contributed by atoms with Crippen LogP contribution in [0.2, 0.25) is 0 Å². The van der Waals surface area contributed by atoms with Crippen molar-refractivity contribution in [2.75, 3.05) is 12.9 Å². The molecule has 0 aliphatic carbocycles. The maximum Gasteiger partial charge on any atom is 0.245 e. The number of thioether (sulfide) groups is 1. The Morgan fingerprint density at radius 3 is 3.07 bits per heavy atom. The molecule has 1 aromatic heterocycles. The number of aromatic nitrogens is 1. The van der Waals surface area contributed by atoms with Gasteiger partial charge in [0.25, 0.3) is 0 Å². The molecule has 0 aromatic carbocycles. The Balaban J connectivity index is 2.81. The van der Waals surface area contributed by atoms with E-state index < -0.39 is 0 Å². The summed E-state index contributed by atoms with van der Waals surface area (Å²) in [7, 11) is 0. The van der Waals surface area contributed by atoms with Crippen LogP contribution in [-0.2, 0) is 0 Å². The number of nitriles is 1. The summed E-state index contributed by atoms with van der Waals surface area (Å²) in [4.78, 5) is 0. The molecule has 3 nitrogen and oxygen atoms in total. The number of nitrogens with zero attached hydrogens (tertiary/aromatic N) is 2. The fraction of sp³-hybridized carbons (Fsp3) is 0.250. The summed E-state index contributed by atoms with van der Waals surface area (Å²) in [5.41, 5.74) is 0.512. The third-order valence-corrected chi connectivity index (χ3v) is 3.58. The molecule has 6 heteroatoms. The minimum absolute atomic E-state index is 0.273. The van der Waals surface area contributed by atoms with Gasteiger partial charge in [0.05, 0.1) is 0 Å². The van der Waals surface area contributed by atoms with Gasteiger partial charge in [-0.3, -0.25) is 0 Å². The van der Waals surface area contributed by atoms with Crippen molar-refractivity contribution in [3.8, 4) is 21.8 Å². The van der Waals surface area contributed by atoms with Gasteiger partial charge in [0.15, 0.2) is 6.61 Å². The molecular formula is C8H5IN2OS2.